The van der Waals surface area contributed by atoms with Crippen LogP contribution in [0.2, 0.25) is 10.0 Å². The van der Waals surface area contributed by atoms with Gasteiger partial charge in [-0.1, -0.05) is 58.4 Å². The Hall–Kier alpha value is -2.99. The van der Waals surface area contributed by atoms with Crippen LogP contribution in [0.5, 0.6) is 0 Å². The highest BCUT2D eigenvalue weighted by molar-refractivity contribution is 8.01. The SMILES string of the molecule is O=C(CCSc1nnc(NC(=O)Cn2cnc3ccccc3c2=O)s1)Nc1ccc(Cl)c(Cl)c1. The molecule has 13 heteroatoms. The van der Waals surface area contributed by atoms with E-state index in [9.17, 15) is 14.4 Å². The Kier molecular flexibility index (Phi) is 7.78. The van der Waals surface area contributed by atoms with Crippen molar-refractivity contribution < 1.29 is 9.59 Å². The lowest BCUT2D eigenvalue weighted by molar-refractivity contribution is -0.117. The maximum Gasteiger partial charge on any atom is 0.261 e. The van der Waals surface area contributed by atoms with Gasteiger partial charge < -0.3 is 5.32 Å². The zero-order valence-corrected chi connectivity index (χ0v) is 20.5. The minimum Gasteiger partial charge on any atom is -0.326 e. The van der Waals surface area contributed by atoms with E-state index in [1.807, 2.05) is 0 Å². The summed E-state index contributed by atoms with van der Waals surface area (Å²) in [6.45, 7) is -0.201. The smallest absolute Gasteiger partial charge is 0.261 e. The number of halogens is 2. The van der Waals surface area contributed by atoms with Crippen LogP contribution in [-0.4, -0.2) is 37.3 Å². The first-order valence-electron chi connectivity index (χ1n) is 9.84. The van der Waals surface area contributed by atoms with Crippen LogP contribution in [0, 0.1) is 0 Å². The van der Waals surface area contributed by atoms with E-state index in [1.54, 1.807) is 42.5 Å². The summed E-state index contributed by atoms with van der Waals surface area (Å²) in [6, 6.07) is 11.8. The second-order valence-corrected chi connectivity index (χ2v) is 10.0. The monoisotopic (exact) mass is 534 g/mol. The predicted octanol–water partition coefficient (Wildman–Crippen LogP) is 4.31. The number of para-hydroxylation sites is 1. The molecule has 0 aliphatic carbocycles. The lowest BCUT2D eigenvalue weighted by atomic mass is 10.2. The van der Waals surface area contributed by atoms with Crippen LogP contribution < -0.4 is 16.2 Å². The fourth-order valence-corrected chi connectivity index (χ4v) is 4.95. The van der Waals surface area contributed by atoms with Crippen LogP contribution in [0.1, 0.15) is 6.42 Å². The van der Waals surface area contributed by atoms with Gasteiger partial charge in [-0.25, -0.2) is 4.98 Å². The predicted molar refractivity (Wildman–Crippen MR) is 135 cm³/mol. The summed E-state index contributed by atoms with van der Waals surface area (Å²) in [5, 5.41) is 14.8. The Bertz CT molecular complexity index is 1430. The molecule has 2 N–H and O–H groups in total. The van der Waals surface area contributed by atoms with E-state index in [1.165, 1.54) is 34.0 Å². The van der Waals surface area contributed by atoms with Gasteiger partial charge in [-0.2, -0.15) is 0 Å². The Morgan fingerprint density at radius 3 is 2.68 bits per heavy atom. The molecule has 2 aromatic carbocycles. The molecule has 0 bridgehead atoms. The van der Waals surface area contributed by atoms with Crippen LogP contribution in [0.3, 0.4) is 0 Å². The van der Waals surface area contributed by atoms with Crippen LogP contribution in [-0.2, 0) is 16.1 Å². The highest BCUT2D eigenvalue weighted by Gasteiger charge is 2.12. The van der Waals surface area contributed by atoms with E-state index in [2.05, 4.69) is 25.8 Å². The van der Waals surface area contributed by atoms with Gasteiger partial charge in [0.15, 0.2) is 4.34 Å². The first kappa shape index (κ1) is 24.1. The summed E-state index contributed by atoms with van der Waals surface area (Å²) in [6.07, 6.45) is 1.58. The van der Waals surface area contributed by atoms with Crippen molar-refractivity contribution in [2.45, 2.75) is 17.3 Å². The van der Waals surface area contributed by atoms with Crippen molar-refractivity contribution in [1.82, 2.24) is 19.7 Å². The van der Waals surface area contributed by atoms with Gasteiger partial charge in [-0.05, 0) is 30.3 Å². The number of amides is 2. The third kappa shape index (κ3) is 6.11. The number of nitrogens with zero attached hydrogens (tertiary/aromatic N) is 4. The molecule has 0 fully saturated rings. The molecule has 9 nitrogen and oxygen atoms in total. The third-order valence-electron chi connectivity index (χ3n) is 4.46. The molecule has 0 aliphatic heterocycles. The number of hydrogen-bond donors (Lipinski definition) is 2. The van der Waals surface area contributed by atoms with Gasteiger partial charge in [0.05, 0.1) is 27.3 Å². The van der Waals surface area contributed by atoms with Crippen LogP contribution in [0.25, 0.3) is 10.9 Å². The minimum atomic E-state index is -0.423. The Labute approximate surface area is 211 Å². The molecule has 0 saturated carbocycles. The summed E-state index contributed by atoms with van der Waals surface area (Å²) in [7, 11) is 0. The molecule has 2 aromatic heterocycles. The molecule has 0 spiro atoms. The number of nitrogens with one attached hydrogen (secondary N) is 2. The third-order valence-corrected chi connectivity index (χ3v) is 7.17. The van der Waals surface area contributed by atoms with Gasteiger partial charge in [0.1, 0.15) is 6.54 Å². The molecule has 0 saturated heterocycles. The number of aromatic nitrogens is 4. The first-order chi connectivity index (χ1) is 16.4. The Morgan fingerprint density at radius 1 is 1.03 bits per heavy atom. The molecule has 174 valence electrons. The summed E-state index contributed by atoms with van der Waals surface area (Å²) in [5.41, 5.74) is 0.833. The van der Waals surface area contributed by atoms with Crippen molar-refractivity contribution in [3.8, 4) is 0 Å². The standard InChI is InChI=1S/C21H16Cl2N6O3S2/c22-14-6-5-12(9-15(14)23)25-17(30)7-8-33-21-28-27-20(34-21)26-18(31)10-29-11-24-16-4-2-1-3-13(16)19(29)32/h1-6,9,11H,7-8,10H2,(H,25,30)(H,26,27,31). The number of carbonyl (C=O) groups excluding carboxylic acids is 2. The largest absolute Gasteiger partial charge is 0.326 e. The zero-order valence-electron chi connectivity index (χ0n) is 17.3. The van der Waals surface area contributed by atoms with E-state index in [0.29, 0.717) is 41.9 Å². The number of fused-ring (bicyclic) bond motifs is 1. The fourth-order valence-electron chi connectivity index (χ4n) is 2.88. The van der Waals surface area contributed by atoms with E-state index in [-0.39, 0.29) is 24.4 Å². The highest BCUT2D eigenvalue weighted by atomic mass is 35.5. The average molecular weight is 535 g/mol. The van der Waals surface area contributed by atoms with Crippen LogP contribution in [0.4, 0.5) is 10.8 Å². The number of hydrogen-bond acceptors (Lipinski definition) is 8. The molecule has 4 aromatic rings. The van der Waals surface area contributed by atoms with E-state index < -0.39 is 5.91 Å². The van der Waals surface area contributed by atoms with Gasteiger partial charge in [-0.15, -0.1) is 10.2 Å². The van der Waals surface area contributed by atoms with Crippen molar-refractivity contribution in [3.63, 3.8) is 0 Å². The van der Waals surface area contributed by atoms with E-state index in [0.717, 1.165) is 0 Å². The van der Waals surface area contributed by atoms with Gasteiger partial charge in [0, 0.05) is 17.9 Å². The summed E-state index contributed by atoms with van der Waals surface area (Å²) in [4.78, 5) is 41.2. The van der Waals surface area contributed by atoms with Gasteiger partial charge in [0.25, 0.3) is 5.56 Å². The number of benzene rings is 2. The molecule has 2 amide bonds. The average Bonchev–Trinajstić information content (AvgIpc) is 3.25. The van der Waals surface area contributed by atoms with Crippen molar-refractivity contribution in [3.05, 3.63) is 69.2 Å². The molecule has 4 rings (SSSR count). The van der Waals surface area contributed by atoms with Crippen LogP contribution in [0.15, 0.2) is 57.9 Å². The normalized spacial score (nSPS) is 10.9. The van der Waals surface area contributed by atoms with Crippen LogP contribution >= 0.6 is 46.3 Å². The summed E-state index contributed by atoms with van der Waals surface area (Å²) in [5.74, 6) is -0.139. The zero-order chi connectivity index (χ0) is 24.1. The number of rotatable bonds is 8. The molecule has 0 radical (unpaired) electrons. The number of carbonyl (C=O) groups is 2. The quantitative estimate of drug-likeness (QED) is 0.255. The Morgan fingerprint density at radius 2 is 1.85 bits per heavy atom. The van der Waals surface area contributed by atoms with E-state index in [4.69, 9.17) is 23.2 Å². The maximum absolute atomic E-state index is 12.5. The molecular weight excluding hydrogens is 519 g/mol. The number of thioether (sulfide) groups is 1. The van der Waals surface area contributed by atoms with Gasteiger partial charge in [0.2, 0.25) is 16.9 Å². The van der Waals surface area contributed by atoms with Gasteiger partial charge >= 0.3 is 0 Å². The van der Waals surface area contributed by atoms with E-state index >= 15 is 0 Å². The minimum absolute atomic E-state index is 0.182. The number of anilines is 2. The molecular formula is C21H16Cl2N6O3S2. The second-order valence-electron chi connectivity index (χ2n) is 6.89. The topological polar surface area (TPSA) is 119 Å². The maximum atomic E-state index is 12.5. The molecule has 34 heavy (non-hydrogen) atoms. The van der Waals surface area contributed by atoms with Crippen molar-refractivity contribution in [2.75, 3.05) is 16.4 Å². The summed E-state index contributed by atoms with van der Waals surface area (Å²) < 4.78 is 1.84. The lowest BCUT2D eigenvalue weighted by Gasteiger charge is -2.06. The van der Waals surface area contributed by atoms with Gasteiger partial charge in [-0.3, -0.25) is 24.3 Å². The fraction of sp³-hybridized carbons (Fsp3) is 0.143. The second kappa shape index (κ2) is 11.0. The first-order valence-corrected chi connectivity index (χ1v) is 12.4. The molecule has 0 aliphatic rings. The summed E-state index contributed by atoms with van der Waals surface area (Å²) >= 11 is 14.3. The molecule has 2 heterocycles. The van der Waals surface area contributed by atoms with Crippen molar-refractivity contribution in [1.29, 1.82) is 0 Å². The highest BCUT2D eigenvalue weighted by Crippen LogP contribution is 2.27. The molecule has 0 atom stereocenters. The molecule has 0 unspecified atom stereocenters. The van der Waals surface area contributed by atoms with Crippen molar-refractivity contribution >= 4 is 79.8 Å². The lowest BCUT2D eigenvalue weighted by Crippen LogP contribution is -2.27. The van der Waals surface area contributed by atoms with Crippen molar-refractivity contribution in [2.24, 2.45) is 0 Å². The Balaban J connectivity index is 1.26.